The molecule has 2 heterocycles. The van der Waals surface area contributed by atoms with E-state index in [1.807, 2.05) is 4.68 Å². The van der Waals surface area contributed by atoms with Crippen molar-refractivity contribution >= 4 is 12.4 Å². The van der Waals surface area contributed by atoms with Gasteiger partial charge in [0.1, 0.15) is 0 Å². The summed E-state index contributed by atoms with van der Waals surface area (Å²) in [7, 11) is 0. The molecular weight excluding hydrogens is 236 g/mol. The number of hydrogen-bond acceptors (Lipinski definition) is 3. The van der Waals surface area contributed by atoms with Crippen molar-refractivity contribution in [3.05, 3.63) is 18.0 Å². The van der Waals surface area contributed by atoms with Gasteiger partial charge < -0.3 is 5.32 Å². The summed E-state index contributed by atoms with van der Waals surface area (Å²) < 4.78 is 2.03. The first-order chi connectivity index (χ1) is 7.65. The van der Waals surface area contributed by atoms with Crippen molar-refractivity contribution in [3.8, 4) is 0 Å². The van der Waals surface area contributed by atoms with Gasteiger partial charge in [-0.05, 0) is 26.8 Å². The molecule has 1 aliphatic rings. The molecule has 1 aliphatic heterocycles. The molecule has 0 bridgehead atoms. The van der Waals surface area contributed by atoms with Crippen LogP contribution in [0.15, 0.2) is 12.3 Å². The summed E-state index contributed by atoms with van der Waals surface area (Å²) in [6, 6.07) is 3.18. The fourth-order valence-electron chi connectivity index (χ4n) is 2.13. The summed E-state index contributed by atoms with van der Waals surface area (Å²) in [4.78, 5) is 2.47. The number of piperazine rings is 1. The SMILES string of the molecule is CC1CN(Cc2ccn(C(C)C)n2)CCN1.Cl. The second-order valence-corrected chi connectivity index (χ2v) is 4.97. The van der Waals surface area contributed by atoms with Crippen LogP contribution in [0.3, 0.4) is 0 Å². The maximum atomic E-state index is 4.58. The largest absolute Gasteiger partial charge is 0.312 e. The third kappa shape index (κ3) is 3.98. The van der Waals surface area contributed by atoms with Gasteiger partial charge in [-0.1, -0.05) is 0 Å². The molecule has 0 saturated carbocycles. The molecule has 2 rings (SSSR count). The Morgan fingerprint density at radius 2 is 2.29 bits per heavy atom. The number of aromatic nitrogens is 2. The maximum absolute atomic E-state index is 4.58. The lowest BCUT2D eigenvalue weighted by molar-refractivity contribution is 0.197. The summed E-state index contributed by atoms with van der Waals surface area (Å²) in [5.74, 6) is 0. The number of halogens is 1. The van der Waals surface area contributed by atoms with Crippen LogP contribution in [-0.4, -0.2) is 40.4 Å². The van der Waals surface area contributed by atoms with E-state index in [0.717, 1.165) is 26.2 Å². The lowest BCUT2D eigenvalue weighted by Crippen LogP contribution is -2.48. The molecule has 4 nitrogen and oxygen atoms in total. The van der Waals surface area contributed by atoms with Crippen LogP contribution in [0, 0.1) is 0 Å². The Balaban J connectivity index is 0.00000144. The molecule has 1 fully saturated rings. The van der Waals surface area contributed by atoms with Gasteiger partial charge >= 0.3 is 0 Å². The highest BCUT2D eigenvalue weighted by atomic mass is 35.5. The highest BCUT2D eigenvalue weighted by molar-refractivity contribution is 5.85. The summed E-state index contributed by atoms with van der Waals surface area (Å²) in [6.45, 7) is 10.9. The van der Waals surface area contributed by atoms with Crippen molar-refractivity contribution in [1.82, 2.24) is 20.0 Å². The Morgan fingerprint density at radius 3 is 2.88 bits per heavy atom. The molecule has 1 aromatic rings. The monoisotopic (exact) mass is 258 g/mol. The van der Waals surface area contributed by atoms with Gasteiger partial charge in [0.2, 0.25) is 0 Å². The lowest BCUT2D eigenvalue weighted by Gasteiger charge is -2.31. The van der Waals surface area contributed by atoms with E-state index in [2.05, 4.69) is 48.3 Å². The van der Waals surface area contributed by atoms with Gasteiger partial charge in [0.05, 0.1) is 5.69 Å². The normalized spacial score (nSPS) is 21.5. The van der Waals surface area contributed by atoms with E-state index in [-0.39, 0.29) is 12.4 Å². The third-order valence-electron chi connectivity index (χ3n) is 3.03. The molecule has 1 N–H and O–H groups in total. The number of hydrogen-bond donors (Lipinski definition) is 1. The summed E-state index contributed by atoms with van der Waals surface area (Å²) >= 11 is 0. The zero-order valence-corrected chi connectivity index (χ0v) is 11.7. The first-order valence-corrected chi connectivity index (χ1v) is 6.15. The minimum atomic E-state index is 0. The highest BCUT2D eigenvalue weighted by Gasteiger charge is 2.16. The van der Waals surface area contributed by atoms with Crippen molar-refractivity contribution in [2.45, 2.75) is 39.4 Å². The van der Waals surface area contributed by atoms with Crippen molar-refractivity contribution in [1.29, 1.82) is 0 Å². The van der Waals surface area contributed by atoms with E-state index in [1.54, 1.807) is 0 Å². The Hall–Kier alpha value is -0.580. The lowest BCUT2D eigenvalue weighted by atomic mass is 10.2. The molecule has 1 saturated heterocycles. The zero-order valence-electron chi connectivity index (χ0n) is 10.9. The fourth-order valence-corrected chi connectivity index (χ4v) is 2.13. The minimum Gasteiger partial charge on any atom is -0.312 e. The van der Waals surface area contributed by atoms with Crippen LogP contribution in [-0.2, 0) is 6.54 Å². The van der Waals surface area contributed by atoms with Crippen LogP contribution in [0.4, 0.5) is 0 Å². The van der Waals surface area contributed by atoms with E-state index in [9.17, 15) is 0 Å². The van der Waals surface area contributed by atoms with Crippen molar-refractivity contribution in [2.24, 2.45) is 0 Å². The number of nitrogens with zero attached hydrogens (tertiary/aromatic N) is 3. The zero-order chi connectivity index (χ0) is 11.5. The molecule has 1 atom stereocenters. The smallest absolute Gasteiger partial charge is 0.0764 e. The predicted octanol–water partition coefficient (Wildman–Crippen LogP) is 1.68. The predicted molar refractivity (Wildman–Crippen MR) is 72.6 cm³/mol. The van der Waals surface area contributed by atoms with Crippen LogP contribution in [0.25, 0.3) is 0 Å². The molecule has 0 aromatic carbocycles. The van der Waals surface area contributed by atoms with Crippen LogP contribution in [0.2, 0.25) is 0 Å². The van der Waals surface area contributed by atoms with Gasteiger partial charge in [-0.25, -0.2) is 0 Å². The van der Waals surface area contributed by atoms with Crippen molar-refractivity contribution in [2.75, 3.05) is 19.6 Å². The maximum Gasteiger partial charge on any atom is 0.0764 e. The van der Waals surface area contributed by atoms with Crippen LogP contribution in [0.5, 0.6) is 0 Å². The molecule has 17 heavy (non-hydrogen) atoms. The summed E-state index contributed by atoms with van der Waals surface area (Å²) in [6.07, 6.45) is 2.08. The van der Waals surface area contributed by atoms with Crippen LogP contribution in [0.1, 0.15) is 32.5 Å². The first-order valence-electron chi connectivity index (χ1n) is 6.15. The van der Waals surface area contributed by atoms with Gasteiger partial charge in [0.15, 0.2) is 0 Å². The van der Waals surface area contributed by atoms with E-state index in [0.29, 0.717) is 12.1 Å². The Kier molecular flexibility index (Phi) is 5.43. The first kappa shape index (κ1) is 14.5. The van der Waals surface area contributed by atoms with Gasteiger partial charge in [-0.15, -0.1) is 12.4 Å². The molecule has 0 radical (unpaired) electrons. The standard InChI is InChI=1S/C12H22N4.ClH/c1-10(2)16-6-4-12(14-16)9-15-7-5-13-11(3)8-15;/h4,6,10-11,13H,5,7-9H2,1-3H3;1H. The average Bonchev–Trinajstić information content (AvgIpc) is 2.66. The molecule has 0 spiro atoms. The topological polar surface area (TPSA) is 33.1 Å². The van der Waals surface area contributed by atoms with Gasteiger partial charge in [0.25, 0.3) is 0 Å². The molecule has 98 valence electrons. The molecule has 0 aliphatic carbocycles. The summed E-state index contributed by atoms with van der Waals surface area (Å²) in [5.41, 5.74) is 1.18. The average molecular weight is 259 g/mol. The Morgan fingerprint density at radius 1 is 1.53 bits per heavy atom. The van der Waals surface area contributed by atoms with Crippen LogP contribution >= 0.6 is 12.4 Å². The molecule has 5 heteroatoms. The van der Waals surface area contributed by atoms with Gasteiger partial charge in [-0.2, -0.15) is 5.10 Å². The number of rotatable bonds is 3. The van der Waals surface area contributed by atoms with E-state index in [4.69, 9.17) is 0 Å². The minimum absolute atomic E-state index is 0. The third-order valence-corrected chi connectivity index (χ3v) is 3.03. The Labute approximate surface area is 110 Å². The highest BCUT2D eigenvalue weighted by Crippen LogP contribution is 2.08. The van der Waals surface area contributed by atoms with E-state index in [1.165, 1.54) is 5.69 Å². The van der Waals surface area contributed by atoms with Gasteiger partial charge in [-0.3, -0.25) is 9.58 Å². The molecule has 1 aromatic heterocycles. The molecular formula is C12H23ClN4. The molecule has 0 amide bonds. The fraction of sp³-hybridized carbons (Fsp3) is 0.750. The second-order valence-electron chi connectivity index (χ2n) is 4.97. The quantitative estimate of drug-likeness (QED) is 0.896. The molecule has 1 unspecified atom stereocenters. The van der Waals surface area contributed by atoms with E-state index >= 15 is 0 Å². The Bertz CT molecular complexity index is 337. The van der Waals surface area contributed by atoms with Crippen LogP contribution < -0.4 is 5.32 Å². The second kappa shape index (κ2) is 6.38. The van der Waals surface area contributed by atoms with Crippen molar-refractivity contribution < 1.29 is 0 Å². The van der Waals surface area contributed by atoms with E-state index < -0.39 is 0 Å². The van der Waals surface area contributed by atoms with Gasteiger partial charge in [0, 0.05) is 44.5 Å². The number of nitrogens with one attached hydrogen (secondary N) is 1. The van der Waals surface area contributed by atoms with Crippen molar-refractivity contribution in [3.63, 3.8) is 0 Å². The summed E-state index contributed by atoms with van der Waals surface area (Å²) in [5, 5.41) is 8.04.